The highest BCUT2D eigenvalue weighted by Gasteiger charge is 2.22. The summed E-state index contributed by atoms with van der Waals surface area (Å²) >= 11 is 2.87. The summed E-state index contributed by atoms with van der Waals surface area (Å²) < 4.78 is 1.97. The molecule has 2 aromatic heterocycles. The molecule has 0 fully saturated rings. The molecule has 2 N–H and O–H groups in total. The monoisotopic (exact) mass is 429 g/mol. The SMILES string of the molecule is CCn1c(SC(C)C(=O)NC(=O)Nc2ccc(C)cc2C)nnc1-c1cccs1. The molecule has 0 saturated heterocycles. The van der Waals surface area contributed by atoms with Gasteiger partial charge in [0.2, 0.25) is 5.91 Å². The minimum absolute atomic E-state index is 0.388. The smallest absolute Gasteiger partial charge is 0.307 e. The third kappa shape index (κ3) is 5.04. The maximum absolute atomic E-state index is 12.5. The Balaban J connectivity index is 1.63. The van der Waals surface area contributed by atoms with E-state index in [1.807, 2.05) is 61.1 Å². The van der Waals surface area contributed by atoms with Crippen LogP contribution in [0.3, 0.4) is 0 Å². The summed E-state index contributed by atoms with van der Waals surface area (Å²) in [4.78, 5) is 25.7. The summed E-state index contributed by atoms with van der Waals surface area (Å²) in [7, 11) is 0. The number of carbonyl (C=O) groups excluding carboxylic acids is 2. The number of aromatic nitrogens is 3. The van der Waals surface area contributed by atoms with Gasteiger partial charge < -0.3 is 9.88 Å². The van der Waals surface area contributed by atoms with Crippen LogP contribution in [0.5, 0.6) is 0 Å². The molecule has 3 amide bonds. The Morgan fingerprint density at radius 2 is 2.03 bits per heavy atom. The second-order valence-corrected chi connectivity index (χ2v) is 8.81. The number of urea groups is 1. The molecule has 2 heterocycles. The van der Waals surface area contributed by atoms with Crippen LogP contribution in [0.15, 0.2) is 40.9 Å². The summed E-state index contributed by atoms with van der Waals surface area (Å²) in [5, 5.41) is 15.7. The number of aryl methyl sites for hydroxylation is 2. The molecule has 1 aromatic carbocycles. The van der Waals surface area contributed by atoms with Crippen molar-refractivity contribution < 1.29 is 9.59 Å². The van der Waals surface area contributed by atoms with Gasteiger partial charge in [-0.05, 0) is 50.8 Å². The molecule has 3 rings (SSSR count). The van der Waals surface area contributed by atoms with E-state index in [1.165, 1.54) is 11.8 Å². The minimum Gasteiger partial charge on any atom is -0.307 e. The summed E-state index contributed by atoms with van der Waals surface area (Å²) in [5.74, 6) is 0.394. The molecule has 0 aliphatic carbocycles. The van der Waals surface area contributed by atoms with Gasteiger partial charge in [0.05, 0.1) is 10.1 Å². The maximum Gasteiger partial charge on any atom is 0.325 e. The van der Waals surface area contributed by atoms with E-state index in [-0.39, 0.29) is 5.91 Å². The van der Waals surface area contributed by atoms with Crippen molar-refractivity contribution >= 4 is 40.7 Å². The van der Waals surface area contributed by atoms with E-state index in [0.29, 0.717) is 17.4 Å². The molecule has 0 radical (unpaired) electrons. The standard InChI is InChI=1S/C20H23N5O2S2/c1-5-25-17(16-7-6-10-28-16)23-24-20(25)29-14(4)18(26)22-19(27)21-15-9-8-12(2)11-13(15)3/h6-11,14H,5H2,1-4H3,(H2,21,22,26,27). The van der Waals surface area contributed by atoms with E-state index in [2.05, 4.69) is 20.8 Å². The van der Waals surface area contributed by atoms with Crippen LogP contribution in [-0.4, -0.2) is 32.0 Å². The third-order valence-electron chi connectivity index (χ3n) is 4.29. The number of amides is 3. The van der Waals surface area contributed by atoms with Gasteiger partial charge in [-0.15, -0.1) is 21.5 Å². The number of anilines is 1. The third-order valence-corrected chi connectivity index (χ3v) is 6.24. The van der Waals surface area contributed by atoms with Gasteiger partial charge in [0, 0.05) is 12.2 Å². The Morgan fingerprint density at radius 1 is 1.24 bits per heavy atom. The molecular weight excluding hydrogens is 406 g/mol. The topological polar surface area (TPSA) is 88.9 Å². The van der Waals surface area contributed by atoms with Crippen LogP contribution in [0.25, 0.3) is 10.7 Å². The van der Waals surface area contributed by atoms with Gasteiger partial charge in [-0.25, -0.2) is 4.79 Å². The van der Waals surface area contributed by atoms with Gasteiger partial charge in [0.1, 0.15) is 0 Å². The highest BCUT2D eigenvalue weighted by Crippen LogP contribution is 2.29. The number of hydrogen-bond donors (Lipinski definition) is 2. The van der Waals surface area contributed by atoms with Crippen molar-refractivity contribution in [1.29, 1.82) is 0 Å². The van der Waals surface area contributed by atoms with Crippen LogP contribution >= 0.6 is 23.1 Å². The molecule has 0 spiro atoms. The summed E-state index contributed by atoms with van der Waals surface area (Å²) in [6.07, 6.45) is 0. The highest BCUT2D eigenvalue weighted by molar-refractivity contribution is 8.00. The van der Waals surface area contributed by atoms with E-state index in [1.54, 1.807) is 18.3 Å². The van der Waals surface area contributed by atoms with Crippen molar-refractivity contribution in [3.8, 4) is 10.7 Å². The number of carbonyl (C=O) groups is 2. The Hall–Kier alpha value is -2.65. The Bertz CT molecular complexity index is 1010. The molecule has 7 nitrogen and oxygen atoms in total. The zero-order valence-corrected chi connectivity index (χ0v) is 18.4. The zero-order valence-electron chi connectivity index (χ0n) is 16.7. The number of hydrogen-bond acceptors (Lipinski definition) is 6. The number of benzene rings is 1. The summed E-state index contributed by atoms with van der Waals surface area (Å²) in [6, 6.07) is 9.10. The van der Waals surface area contributed by atoms with Crippen molar-refractivity contribution in [3.05, 3.63) is 46.8 Å². The average Bonchev–Trinajstić information content (AvgIpc) is 3.33. The Kier molecular flexibility index (Phi) is 6.71. The predicted molar refractivity (Wildman–Crippen MR) is 117 cm³/mol. The molecule has 0 aliphatic rings. The van der Waals surface area contributed by atoms with Crippen LogP contribution in [-0.2, 0) is 11.3 Å². The van der Waals surface area contributed by atoms with Crippen LogP contribution < -0.4 is 10.6 Å². The van der Waals surface area contributed by atoms with E-state index in [4.69, 9.17) is 0 Å². The second-order valence-electron chi connectivity index (χ2n) is 6.55. The number of nitrogens with zero attached hydrogens (tertiary/aromatic N) is 3. The van der Waals surface area contributed by atoms with Crippen molar-refractivity contribution in [2.24, 2.45) is 0 Å². The van der Waals surface area contributed by atoms with Crippen molar-refractivity contribution in [1.82, 2.24) is 20.1 Å². The van der Waals surface area contributed by atoms with Gasteiger partial charge >= 0.3 is 6.03 Å². The van der Waals surface area contributed by atoms with Gasteiger partial charge in [-0.3, -0.25) is 10.1 Å². The van der Waals surface area contributed by atoms with Crippen molar-refractivity contribution in [2.45, 2.75) is 44.6 Å². The molecular formula is C20H23N5O2S2. The first kappa shape index (κ1) is 21.1. The van der Waals surface area contributed by atoms with Gasteiger partial charge in [0.25, 0.3) is 0 Å². The largest absolute Gasteiger partial charge is 0.325 e. The minimum atomic E-state index is -0.550. The number of rotatable bonds is 6. The van der Waals surface area contributed by atoms with Crippen molar-refractivity contribution in [3.63, 3.8) is 0 Å². The predicted octanol–water partition coefficient (Wildman–Crippen LogP) is 4.47. The fraction of sp³-hybridized carbons (Fsp3) is 0.300. The number of thioether (sulfide) groups is 1. The fourth-order valence-electron chi connectivity index (χ4n) is 2.78. The Morgan fingerprint density at radius 3 is 2.69 bits per heavy atom. The first-order valence-corrected chi connectivity index (χ1v) is 11.0. The Labute approximate surface area is 177 Å². The quantitative estimate of drug-likeness (QED) is 0.564. The molecule has 0 saturated carbocycles. The number of nitrogens with one attached hydrogen (secondary N) is 2. The van der Waals surface area contributed by atoms with Crippen LogP contribution in [0.4, 0.5) is 10.5 Å². The van der Waals surface area contributed by atoms with Crippen LogP contribution in [0.2, 0.25) is 0 Å². The zero-order chi connectivity index (χ0) is 21.0. The lowest BCUT2D eigenvalue weighted by molar-refractivity contribution is -0.119. The molecule has 9 heteroatoms. The van der Waals surface area contributed by atoms with Crippen LogP contribution in [0, 0.1) is 13.8 Å². The lowest BCUT2D eigenvalue weighted by atomic mass is 10.1. The van der Waals surface area contributed by atoms with E-state index >= 15 is 0 Å². The molecule has 29 heavy (non-hydrogen) atoms. The first-order chi connectivity index (χ1) is 13.9. The summed E-state index contributed by atoms with van der Waals surface area (Å²) in [6.45, 7) is 8.32. The molecule has 1 atom stereocenters. The average molecular weight is 430 g/mol. The molecule has 152 valence electrons. The molecule has 0 bridgehead atoms. The summed E-state index contributed by atoms with van der Waals surface area (Å²) in [5.41, 5.74) is 2.72. The van der Waals surface area contributed by atoms with Crippen LogP contribution in [0.1, 0.15) is 25.0 Å². The van der Waals surface area contributed by atoms with Gasteiger partial charge in [-0.2, -0.15) is 0 Å². The molecule has 0 aliphatic heterocycles. The van der Waals surface area contributed by atoms with Crippen molar-refractivity contribution in [2.75, 3.05) is 5.32 Å². The van der Waals surface area contributed by atoms with E-state index < -0.39 is 11.3 Å². The lowest BCUT2D eigenvalue weighted by Gasteiger charge is -2.13. The fourth-order valence-corrected chi connectivity index (χ4v) is 4.41. The van der Waals surface area contributed by atoms with Gasteiger partial charge in [0.15, 0.2) is 11.0 Å². The number of thiophene rings is 1. The highest BCUT2D eigenvalue weighted by atomic mass is 32.2. The van der Waals surface area contributed by atoms with E-state index in [9.17, 15) is 9.59 Å². The molecule has 1 unspecified atom stereocenters. The van der Waals surface area contributed by atoms with Gasteiger partial charge in [-0.1, -0.05) is 35.5 Å². The number of imide groups is 1. The lowest BCUT2D eigenvalue weighted by Crippen LogP contribution is -2.39. The first-order valence-electron chi connectivity index (χ1n) is 9.22. The second kappa shape index (κ2) is 9.23. The molecule has 3 aromatic rings. The van der Waals surface area contributed by atoms with E-state index in [0.717, 1.165) is 21.8 Å². The maximum atomic E-state index is 12.5. The normalized spacial score (nSPS) is 11.9.